The van der Waals surface area contributed by atoms with Gasteiger partial charge in [-0.3, -0.25) is 0 Å². The number of rotatable bonds is 2. The van der Waals surface area contributed by atoms with E-state index in [0.717, 1.165) is 24.3 Å². The van der Waals surface area contributed by atoms with Crippen LogP contribution in [0.25, 0.3) is 0 Å². The van der Waals surface area contributed by atoms with Crippen LogP contribution < -0.4 is 10.6 Å². The van der Waals surface area contributed by atoms with E-state index in [-0.39, 0.29) is 11.9 Å². The summed E-state index contributed by atoms with van der Waals surface area (Å²) in [6.45, 7) is 10.3. The maximum Gasteiger partial charge on any atom is 0.126 e. The van der Waals surface area contributed by atoms with E-state index in [1.54, 1.807) is 6.07 Å². The van der Waals surface area contributed by atoms with Gasteiger partial charge in [0.2, 0.25) is 0 Å². The highest BCUT2D eigenvalue weighted by Gasteiger charge is 2.28. The summed E-state index contributed by atoms with van der Waals surface area (Å²) in [7, 11) is 0. The molecular weight excluding hydrogens is 227 g/mol. The lowest BCUT2D eigenvalue weighted by Crippen LogP contribution is -2.23. The summed E-state index contributed by atoms with van der Waals surface area (Å²) in [5, 5.41) is 0. The molecule has 2 nitrogen and oxygen atoms in total. The Hall–Kier alpha value is -1.09. The van der Waals surface area contributed by atoms with Gasteiger partial charge in [-0.25, -0.2) is 4.39 Å². The van der Waals surface area contributed by atoms with Crippen molar-refractivity contribution in [3.05, 3.63) is 29.1 Å². The van der Waals surface area contributed by atoms with Crippen molar-refractivity contribution in [2.75, 3.05) is 18.0 Å². The third kappa shape index (κ3) is 2.37. The van der Waals surface area contributed by atoms with Crippen LogP contribution in [0.15, 0.2) is 12.1 Å². The van der Waals surface area contributed by atoms with Crippen LogP contribution in [-0.2, 0) is 0 Å². The molecular formula is C15H23FN2. The Morgan fingerprint density at radius 2 is 1.83 bits per heavy atom. The molecule has 3 atom stereocenters. The van der Waals surface area contributed by atoms with Crippen LogP contribution in [0, 0.1) is 24.6 Å². The fourth-order valence-corrected chi connectivity index (χ4v) is 2.65. The molecule has 0 amide bonds. The molecule has 3 heteroatoms. The molecule has 1 aliphatic heterocycles. The third-order valence-corrected chi connectivity index (χ3v) is 4.13. The number of hydrogen-bond acceptors (Lipinski definition) is 2. The monoisotopic (exact) mass is 250 g/mol. The van der Waals surface area contributed by atoms with Gasteiger partial charge in [0.15, 0.2) is 0 Å². The number of anilines is 1. The summed E-state index contributed by atoms with van der Waals surface area (Å²) in [6, 6.07) is 3.41. The van der Waals surface area contributed by atoms with Crippen molar-refractivity contribution < 1.29 is 4.39 Å². The number of nitrogens with two attached hydrogens (primary N) is 1. The van der Waals surface area contributed by atoms with Crippen LogP contribution >= 0.6 is 0 Å². The minimum Gasteiger partial charge on any atom is -0.371 e. The molecule has 2 rings (SSSR count). The van der Waals surface area contributed by atoms with Gasteiger partial charge in [0.05, 0.1) is 0 Å². The molecule has 0 aromatic heterocycles. The smallest absolute Gasteiger partial charge is 0.126 e. The summed E-state index contributed by atoms with van der Waals surface area (Å²) in [5.41, 5.74) is 8.70. The van der Waals surface area contributed by atoms with Gasteiger partial charge in [0, 0.05) is 24.8 Å². The lowest BCUT2D eigenvalue weighted by Gasteiger charge is -2.24. The Morgan fingerprint density at radius 1 is 1.28 bits per heavy atom. The van der Waals surface area contributed by atoms with Crippen molar-refractivity contribution in [1.82, 2.24) is 0 Å². The first-order valence-corrected chi connectivity index (χ1v) is 6.70. The molecule has 2 N–H and O–H groups in total. The van der Waals surface area contributed by atoms with Crippen LogP contribution in [0.3, 0.4) is 0 Å². The van der Waals surface area contributed by atoms with Gasteiger partial charge in [-0.15, -0.1) is 0 Å². The van der Waals surface area contributed by atoms with Gasteiger partial charge < -0.3 is 10.6 Å². The molecule has 0 radical (unpaired) electrons. The molecule has 1 aromatic carbocycles. The van der Waals surface area contributed by atoms with Gasteiger partial charge in [0.25, 0.3) is 0 Å². The molecule has 1 aliphatic rings. The quantitative estimate of drug-likeness (QED) is 0.873. The molecule has 0 saturated carbocycles. The maximum absolute atomic E-state index is 13.7. The fraction of sp³-hybridized carbons (Fsp3) is 0.600. The van der Waals surface area contributed by atoms with Crippen LogP contribution in [-0.4, -0.2) is 13.1 Å². The van der Waals surface area contributed by atoms with E-state index in [9.17, 15) is 4.39 Å². The van der Waals surface area contributed by atoms with Gasteiger partial charge in [-0.2, -0.15) is 0 Å². The summed E-state index contributed by atoms with van der Waals surface area (Å²) in [4.78, 5) is 2.35. The lowest BCUT2D eigenvalue weighted by molar-refractivity contribution is 0.494. The highest BCUT2D eigenvalue weighted by atomic mass is 19.1. The van der Waals surface area contributed by atoms with Crippen LogP contribution in [0.5, 0.6) is 0 Å². The molecule has 0 bridgehead atoms. The zero-order valence-electron chi connectivity index (χ0n) is 11.7. The van der Waals surface area contributed by atoms with E-state index in [1.165, 1.54) is 0 Å². The Morgan fingerprint density at radius 3 is 2.33 bits per heavy atom. The summed E-state index contributed by atoms with van der Waals surface area (Å²) < 4.78 is 13.7. The summed E-state index contributed by atoms with van der Waals surface area (Å²) in [5.74, 6) is 1.19. The molecule has 1 saturated heterocycles. The average Bonchev–Trinajstić information content (AvgIpc) is 2.62. The number of hydrogen-bond donors (Lipinski definition) is 1. The first-order chi connectivity index (χ1) is 8.40. The molecule has 1 fully saturated rings. The maximum atomic E-state index is 13.7. The van der Waals surface area contributed by atoms with Crippen molar-refractivity contribution >= 4 is 5.69 Å². The third-order valence-electron chi connectivity index (χ3n) is 4.13. The van der Waals surface area contributed by atoms with Crippen molar-refractivity contribution in [3.63, 3.8) is 0 Å². The van der Waals surface area contributed by atoms with Crippen molar-refractivity contribution in [3.8, 4) is 0 Å². The van der Waals surface area contributed by atoms with E-state index in [1.807, 2.05) is 19.9 Å². The first-order valence-electron chi connectivity index (χ1n) is 6.70. The molecule has 1 aromatic rings. The number of benzene rings is 1. The zero-order chi connectivity index (χ0) is 13.4. The lowest BCUT2D eigenvalue weighted by atomic mass is 10.0. The highest BCUT2D eigenvalue weighted by molar-refractivity contribution is 5.57. The van der Waals surface area contributed by atoms with E-state index in [0.29, 0.717) is 17.4 Å². The zero-order valence-corrected chi connectivity index (χ0v) is 11.7. The Balaban J connectivity index is 2.40. The minimum atomic E-state index is -0.161. The predicted molar refractivity (Wildman–Crippen MR) is 74.3 cm³/mol. The van der Waals surface area contributed by atoms with E-state index >= 15 is 0 Å². The second-order valence-electron chi connectivity index (χ2n) is 5.81. The van der Waals surface area contributed by atoms with Gasteiger partial charge in [0.1, 0.15) is 5.82 Å². The summed E-state index contributed by atoms with van der Waals surface area (Å²) >= 11 is 0. The SMILES string of the molecule is Cc1cc(N2CC(C)C(C)C2)c([C@@H](C)N)cc1F. The standard InChI is InChI=1S/C15H23FN2/c1-9-5-15(13(12(4)17)6-14(9)16)18-7-10(2)11(3)8-18/h5-6,10-12H,7-8,17H2,1-4H3/t10?,11?,12-/m1/s1. The molecule has 100 valence electrons. The van der Waals surface area contributed by atoms with Crippen molar-refractivity contribution in [1.29, 1.82) is 0 Å². The first kappa shape index (κ1) is 13.3. The second kappa shape index (κ2) is 4.88. The average molecular weight is 250 g/mol. The molecule has 0 spiro atoms. The molecule has 0 aliphatic carbocycles. The van der Waals surface area contributed by atoms with Crippen LogP contribution in [0.4, 0.5) is 10.1 Å². The van der Waals surface area contributed by atoms with E-state index < -0.39 is 0 Å². The fourth-order valence-electron chi connectivity index (χ4n) is 2.65. The van der Waals surface area contributed by atoms with E-state index in [2.05, 4.69) is 18.7 Å². The van der Waals surface area contributed by atoms with Crippen molar-refractivity contribution in [2.45, 2.75) is 33.7 Å². The van der Waals surface area contributed by atoms with Crippen molar-refractivity contribution in [2.24, 2.45) is 17.6 Å². The van der Waals surface area contributed by atoms with Crippen LogP contribution in [0.1, 0.15) is 37.9 Å². The Bertz CT molecular complexity index is 432. The molecule has 2 unspecified atom stereocenters. The topological polar surface area (TPSA) is 29.3 Å². The highest BCUT2D eigenvalue weighted by Crippen LogP contribution is 2.33. The number of nitrogens with zero attached hydrogens (tertiary/aromatic N) is 1. The van der Waals surface area contributed by atoms with E-state index in [4.69, 9.17) is 5.73 Å². The Labute approximate surface area is 109 Å². The van der Waals surface area contributed by atoms with Gasteiger partial charge in [-0.1, -0.05) is 13.8 Å². The normalized spacial score (nSPS) is 25.6. The summed E-state index contributed by atoms with van der Waals surface area (Å²) in [6.07, 6.45) is 0. The number of halogens is 1. The molecule has 1 heterocycles. The Kier molecular flexibility index (Phi) is 3.62. The van der Waals surface area contributed by atoms with Gasteiger partial charge >= 0.3 is 0 Å². The number of aryl methyl sites for hydroxylation is 1. The predicted octanol–water partition coefficient (Wildman–Crippen LogP) is 3.25. The largest absolute Gasteiger partial charge is 0.371 e. The van der Waals surface area contributed by atoms with Crippen LogP contribution in [0.2, 0.25) is 0 Å². The minimum absolute atomic E-state index is 0.138. The second-order valence-corrected chi connectivity index (χ2v) is 5.81. The van der Waals surface area contributed by atoms with Gasteiger partial charge in [-0.05, 0) is 48.9 Å². The molecule has 18 heavy (non-hydrogen) atoms.